The lowest BCUT2D eigenvalue weighted by Gasteiger charge is -1.95. The van der Waals surface area contributed by atoms with E-state index in [1.807, 2.05) is 12.1 Å². The van der Waals surface area contributed by atoms with E-state index in [0.29, 0.717) is 0 Å². The maximum Gasteiger partial charge on any atom is 0.180 e. The summed E-state index contributed by atoms with van der Waals surface area (Å²) in [6.07, 6.45) is -0.0961. The van der Waals surface area contributed by atoms with Crippen LogP contribution in [0.3, 0.4) is 0 Å². The van der Waals surface area contributed by atoms with E-state index in [1.165, 1.54) is 0 Å². The highest BCUT2D eigenvalue weighted by Crippen LogP contribution is 2.30. The quantitative estimate of drug-likeness (QED) is 0.439. The lowest BCUT2D eigenvalue weighted by Crippen LogP contribution is -1.83. The van der Waals surface area contributed by atoms with Gasteiger partial charge in [-0.3, -0.25) is 4.84 Å². The van der Waals surface area contributed by atoms with Crippen molar-refractivity contribution >= 4 is 11.0 Å². The monoisotopic (exact) mass is 169 g/mol. The first kappa shape index (κ1) is 8.26. The number of aromatic hydroxyl groups is 1. The summed E-state index contributed by atoms with van der Waals surface area (Å²) in [5.74, 6) is 0.275. The number of benzene rings is 1. The molecule has 1 aromatic carbocycles. The Morgan fingerprint density at radius 2 is 2.00 bits per heavy atom. The molecule has 1 fully saturated rings. The fraction of sp³-hybridized carbons (Fsp3) is 0.143. The third-order valence-electron chi connectivity index (χ3n) is 1.45. The second-order valence-corrected chi connectivity index (χ2v) is 2.17. The van der Waals surface area contributed by atoms with E-state index >= 15 is 0 Å². The molecule has 4 heteroatoms. The Labute approximate surface area is 69.0 Å². The number of phenolic OH excluding ortho intramolecular Hbond substituents is 1. The van der Waals surface area contributed by atoms with E-state index < -0.39 is 0 Å². The topological polar surface area (TPSA) is 54.7 Å². The van der Waals surface area contributed by atoms with Gasteiger partial charge in [-0.1, -0.05) is 18.2 Å². The molecule has 1 aliphatic heterocycles. The predicted octanol–water partition coefficient (Wildman–Crippen LogP) is -0.526. The smallest absolute Gasteiger partial charge is 0.180 e. The van der Waals surface area contributed by atoms with E-state index in [-0.39, 0.29) is 22.9 Å². The minimum Gasteiger partial charge on any atom is -0.508 e. The summed E-state index contributed by atoms with van der Waals surface area (Å²) in [6, 6.07) is 7.10. The van der Waals surface area contributed by atoms with Crippen LogP contribution in [-0.4, -0.2) is 16.1 Å². The molecule has 0 amide bonds. The Bertz CT molecular complexity index is 250. The SMILES string of the molecule is Oc1ccccc1C1NO1.[SiH4]. The van der Waals surface area contributed by atoms with Crippen molar-refractivity contribution < 1.29 is 9.94 Å². The van der Waals surface area contributed by atoms with Gasteiger partial charge in [0, 0.05) is 5.56 Å². The van der Waals surface area contributed by atoms with E-state index in [1.54, 1.807) is 12.1 Å². The van der Waals surface area contributed by atoms with Crippen LogP contribution < -0.4 is 5.48 Å². The average Bonchev–Trinajstić information content (AvgIpc) is 2.71. The third-order valence-corrected chi connectivity index (χ3v) is 1.45. The average molecular weight is 169 g/mol. The van der Waals surface area contributed by atoms with Gasteiger partial charge in [0.25, 0.3) is 0 Å². The number of rotatable bonds is 1. The molecule has 3 nitrogen and oxygen atoms in total. The summed E-state index contributed by atoms with van der Waals surface area (Å²) in [6.45, 7) is 0. The van der Waals surface area contributed by atoms with Crippen molar-refractivity contribution in [1.82, 2.24) is 5.48 Å². The summed E-state index contributed by atoms with van der Waals surface area (Å²) < 4.78 is 0. The minimum atomic E-state index is -0.0961. The largest absolute Gasteiger partial charge is 0.508 e. The van der Waals surface area contributed by atoms with Gasteiger partial charge in [-0.15, -0.1) is 0 Å². The van der Waals surface area contributed by atoms with Crippen molar-refractivity contribution in [3.8, 4) is 5.75 Å². The molecule has 0 bridgehead atoms. The predicted molar refractivity (Wildman–Crippen MR) is 46.4 cm³/mol. The highest BCUT2D eigenvalue weighted by Gasteiger charge is 2.26. The van der Waals surface area contributed by atoms with Crippen LogP contribution in [0, 0.1) is 0 Å². The molecule has 1 aliphatic rings. The molecule has 1 unspecified atom stereocenters. The van der Waals surface area contributed by atoms with Crippen LogP contribution in [0.5, 0.6) is 5.75 Å². The van der Waals surface area contributed by atoms with Crippen LogP contribution in [0.25, 0.3) is 0 Å². The first-order chi connectivity index (χ1) is 4.88. The number of hydroxylamine groups is 1. The van der Waals surface area contributed by atoms with Crippen LogP contribution in [0.1, 0.15) is 11.8 Å². The maximum absolute atomic E-state index is 9.20. The van der Waals surface area contributed by atoms with Crippen LogP contribution >= 0.6 is 0 Å². The number of para-hydroxylation sites is 1. The number of phenols is 1. The molecule has 2 rings (SSSR count). The zero-order chi connectivity index (χ0) is 6.97. The molecular weight excluding hydrogens is 158 g/mol. The zero-order valence-electron chi connectivity index (χ0n) is 5.24. The van der Waals surface area contributed by atoms with E-state index in [0.717, 1.165) is 5.56 Å². The standard InChI is InChI=1S/C7H7NO2.H4Si/c9-6-4-2-1-3-5(6)7-8-10-7;/h1-4,7-9H;1H4. The molecule has 2 N–H and O–H groups in total. The molecule has 0 aromatic heterocycles. The first-order valence-electron chi connectivity index (χ1n) is 3.07. The Kier molecular flexibility index (Phi) is 2.28. The van der Waals surface area contributed by atoms with Gasteiger partial charge < -0.3 is 5.11 Å². The number of hydrogen-bond acceptors (Lipinski definition) is 3. The van der Waals surface area contributed by atoms with Crippen LogP contribution in [-0.2, 0) is 4.84 Å². The van der Waals surface area contributed by atoms with Crippen molar-refractivity contribution in [2.75, 3.05) is 0 Å². The Balaban J connectivity index is 0.000000605. The number of nitrogens with one attached hydrogen (secondary N) is 1. The zero-order valence-corrected chi connectivity index (χ0v) is 5.24. The highest BCUT2D eigenvalue weighted by atomic mass is 28.1. The molecule has 1 heterocycles. The molecule has 0 radical (unpaired) electrons. The van der Waals surface area contributed by atoms with Crippen LogP contribution in [0.4, 0.5) is 0 Å². The van der Waals surface area contributed by atoms with Crippen LogP contribution in [0.2, 0.25) is 0 Å². The number of hydrogen-bond donors (Lipinski definition) is 2. The van der Waals surface area contributed by atoms with Gasteiger partial charge in [-0.25, -0.2) is 0 Å². The van der Waals surface area contributed by atoms with Crippen molar-refractivity contribution in [2.45, 2.75) is 6.23 Å². The summed E-state index contributed by atoms with van der Waals surface area (Å²) in [4.78, 5) is 4.77. The summed E-state index contributed by atoms with van der Waals surface area (Å²) in [5.41, 5.74) is 3.43. The highest BCUT2D eigenvalue weighted by molar-refractivity contribution is 5.75. The van der Waals surface area contributed by atoms with Gasteiger partial charge in [-0.05, 0) is 17.0 Å². The molecule has 1 aromatic rings. The van der Waals surface area contributed by atoms with Crippen LogP contribution in [0.15, 0.2) is 24.3 Å². The van der Waals surface area contributed by atoms with Gasteiger partial charge in [0.2, 0.25) is 0 Å². The summed E-state index contributed by atoms with van der Waals surface area (Å²) in [7, 11) is 0. The Hall–Kier alpha value is -0.843. The molecular formula is C7H11NO2Si. The molecule has 11 heavy (non-hydrogen) atoms. The molecule has 0 spiro atoms. The molecule has 0 saturated carbocycles. The fourth-order valence-corrected chi connectivity index (χ4v) is 0.870. The van der Waals surface area contributed by atoms with Gasteiger partial charge in [0.15, 0.2) is 6.23 Å². The van der Waals surface area contributed by atoms with Crippen molar-refractivity contribution in [1.29, 1.82) is 0 Å². The molecule has 1 saturated heterocycles. The molecule has 0 aliphatic carbocycles. The summed E-state index contributed by atoms with van der Waals surface area (Å²) in [5, 5.41) is 9.20. The second-order valence-electron chi connectivity index (χ2n) is 2.17. The lowest BCUT2D eigenvalue weighted by atomic mass is 10.2. The minimum absolute atomic E-state index is 0. The lowest BCUT2D eigenvalue weighted by molar-refractivity contribution is 0.368. The van der Waals surface area contributed by atoms with Crippen molar-refractivity contribution in [3.63, 3.8) is 0 Å². The van der Waals surface area contributed by atoms with E-state index in [4.69, 9.17) is 4.84 Å². The van der Waals surface area contributed by atoms with Gasteiger partial charge in [0.1, 0.15) is 5.75 Å². The Morgan fingerprint density at radius 3 is 2.55 bits per heavy atom. The molecule has 1 atom stereocenters. The first-order valence-corrected chi connectivity index (χ1v) is 3.07. The van der Waals surface area contributed by atoms with Crippen molar-refractivity contribution in [3.05, 3.63) is 29.8 Å². The van der Waals surface area contributed by atoms with E-state index in [9.17, 15) is 5.11 Å². The summed E-state index contributed by atoms with van der Waals surface area (Å²) >= 11 is 0. The third kappa shape index (κ3) is 1.59. The second kappa shape index (κ2) is 3.04. The van der Waals surface area contributed by atoms with E-state index in [2.05, 4.69) is 5.48 Å². The normalized spacial score (nSPS) is 20.5. The van der Waals surface area contributed by atoms with Gasteiger partial charge in [-0.2, -0.15) is 5.48 Å². The maximum atomic E-state index is 9.20. The molecule has 60 valence electrons. The van der Waals surface area contributed by atoms with Gasteiger partial charge in [0.05, 0.1) is 0 Å². The Morgan fingerprint density at radius 1 is 1.36 bits per heavy atom. The van der Waals surface area contributed by atoms with Gasteiger partial charge >= 0.3 is 0 Å². The van der Waals surface area contributed by atoms with Crippen molar-refractivity contribution in [2.24, 2.45) is 0 Å². The fourth-order valence-electron chi connectivity index (χ4n) is 0.870.